The smallest absolute Gasteiger partial charge is 0.246 e. The average Bonchev–Trinajstić information content (AvgIpc) is 3.14. The van der Waals surface area contributed by atoms with E-state index in [1.54, 1.807) is 6.07 Å². The number of H-pyrrole nitrogens is 1. The van der Waals surface area contributed by atoms with E-state index in [9.17, 15) is 17.6 Å². The zero-order valence-electron chi connectivity index (χ0n) is 16.5. The average molecular weight is 441 g/mol. The molecule has 1 fully saturated rings. The Kier molecular flexibility index (Phi) is 5.71. The third kappa shape index (κ3) is 4.15. The van der Waals surface area contributed by atoms with Gasteiger partial charge in [0.25, 0.3) is 0 Å². The minimum Gasteiger partial charge on any atom is -0.246 e. The molecule has 1 N–H and O–H groups in total. The van der Waals surface area contributed by atoms with Crippen LogP contribution >= 0.6 is 0 Å². The van der Waals surface area contributed by atoms with Crippen LogP contribution in [0.25, 0.3) is 5.69 Å². The zero-order chi connectivity index (χ0) is 22.0. The molecule has 0 amide bonds. The minimum atomic E-state index is -3.71. The van der Waals surface area contributed by atoms with Crippen LogP contribution in [0.4, 0.5) is 4.39 Å². The highest BCUT2D eigenvalue weighted by Gasteiger charge is 2.31. The lowest BCUT2D eigenvalue weighted by Crippen LogP contribution is -2.40. The Morgan fingerprint density at radius 1 is 1.19 bits per heavy atom. The molecule has 0 unspecified atom stereocenters. The first-order valence-electron chi connectivity index (χ1n) is 9.81. The van der Waals surface area contributed by atoms with Crippen LogP contribution in [0.2, 0.25) is 0 Å². The molecule has 1 atom stereocenters. The van der Waals surface area contributed by atoms with Gasteiger partial charge in [0.05, 0.1) is 22.2 Å². The summed E-state index contributed by atoms with van der Waals surface area (Å²) in [5, 5.41) is 15.3. The van der Waals surface area contributed by atoms with Gasteiger partial charge in [-0.05, 0) is 55.2 Å². The van der Waals surface area contributed by atoms with Gasteiger partial charge >= 0.3 is 5.69 Å². The number of aromatic nitrogens is 3. The summed E-state index contributed by atoms with van der Waals surface area (Å²) < 4.78 is 42.9. The van der Waals surface area contributed by atoms with Crippen LogP contribution in [0.1, 0.15) is 24.2 Å². The molecular formula is C21H20FN5O3S. The van der Waals surface area contributed by atoms with E-state index < -0.39 is 21.5 Å². The van der Waals surface area contributed by atoms with Gasteiger partial charge in [-0.1, -0.05) is 12.1 Å². The number of benzene rings is 2. The van der Waals surface area contributed by atoms with Gasteiger partial charge in [-0.25, -0.2) is 27.3 Å². The lowest BCUT2D eigenvalue weighted by atomic mass is 9.96. The maximum Gasteiger partial charge on any atom is 0.348 e. The van der Waals surface area contributed by atoms with E-state index in [0.717, 1.165) is 6.42 Å². The van der Waals surface area contributed by atoms with E-state index in [4.69, 9.17) is 5.26 Å². The van der Waals surface area contributed by atoms with Gasteiger partial charge in [0.1, 0.15) is 11.6 Å². The number of aromatic amines is 1. The summed E-state index contributed by atoms with van der Waals surface area (Å²) in [5.41, 5.74) is -0.0489. The summed E-state index contributed by atoms with van der Waals surface area (Å²) in [4.78, 5) is 12.4. The lowest BCUT2D eigenvalue weighted by Gasteiger charge is -2.31. The topological polar surface area (TPSA) is 112 Å². The molecular weight excluding hydrogens is 421 g/mol. The molecule has 0 saturated carbocycles. The van der Waals surface area contributed by atoms with Crippen LogP contribution < -0.4 is 5.69 Å². The number of piperidine rings is 1. The molecule has 1 aliphatic heterocycles. The molecule has 0 radical (unpaired) electrons. The molecule has 0 bridgehead atoms. The second-order valence-corrected chi connectivity index (χ2v) is 9.38. The van der Waals surface area contributed by atoms with E-state index in [1.165, 1.54) is 51.3 Å². The van der Waals surface area contributed by atoms with Gasteiger partial charge in [0, 0.05) is 19.5 Å². The molecule has 2 heterocycles. The Morgan fingerprint density at radius 3 is 2.65 bits per heavy atom. The van der Waals surface area contributed by atoms with Crippen molar-refractivity contribution in [1.29, 1.82) is 5.26 Å². The second kappa shape index (κ2) is 8.45. The van der Waals surface area contributed by atoms with Crippen molar-refractivity contribution >= 4 is 10.0 Å². The maximum absolute atomic E-state index is 14.2. The van der Waals surface area contributed by atoms with Gasteiger partial charge in [-0.15, -0.1) is 0 Å². The largest absolute Gasteiger partial charge is 0.348 e. The molecule has 2 aromatic carbocycles. The van der Waals surface area contributed by atoms with Crippen LogP contribution in [0.15, 0.2) is 58.2 Å². The Balaban J connectivity index is 1.56. The number of para-hydroxylation sites is 1. The highest BCUT2D eigenvalue weighted by molar-refractivity contribution is 7.89. The van der Waals surface area contributed by atoms with Gasteiger partial charge in [-0.2, -0.15) is 14.7 Å². The van der Waals surface area contributed by atoms with Crippen LogP contribution in [-0.4, -0.2) is 40.6 Å². The molecule has 1 aromatic heterocycles. The highest BCUT2D eigenvalue weighted by Crippen LogP contribution is 2.26. The number of hydrogen-bond donors (Lipinski definition) is 1. The van der Waals surface area contributed by atoms with Crippen LogP contribution in [0.5, 0.6) is 0 Å². The van der Waals surface area contributed by atoms with E-state index >= 15 is 0 Å². The predicted molar refractivity (Wildman–Crippen MR) is 110 cm³/mol. The van der Waals surface area contributed by atoms with Crippen molar-refractivity contribution in [2.75, 3.05) is 13.1 Å². The number of hydrogen-bond acceptors (Lipinski definition) is 5. The Hall–Kier alpha value is -3.29. The lowest BCUT2D eigenvalue weighted by molar-refractivity contribution is 0.262. The van der Waals surface area contributed by atoms with Crippen molar-refractivity contribution in [3.8, 4) is 11.8 Å². The fourth-order valence-electron chi connectivity index (χ4n) is 3.87. The fourth-order valence-corrected chi connectivity index (χ4v) is 5.42. The van der Waals surface area contributed by atoms with E-state index in [1.807, 2.05) is 6.07 Å². The van der Waals surface area contributed by atoms with E-state index in [2.05, 4.69) is 10.2 Å². The summed E-state index contributed by atoms with van der Waals surface area (Å²) in [6.45, 7) is 0.653. The van der Waals surface area contributed by atoms with Crippen LogP contribution in [0, 0.1) is 23.1 Å². The molecule has 1 aliphatic rings. The Bertz CT molecular complexity index is 1290. The maximum atomic E-state index is 14.2. The van der Waals surface area contributed by atoms with Crippen molar-refractivity contribution in [3.63, 3.8) is 0 Å². The third-order valence-electron chi connectivity index (χ3n) is 5.41. The second-order valence-electron chi connectivity index (χ2n) is 7.44. The third-order valence-corrected chi connectivity index (χ3v) is 7.29. The molecule has 0 spiro atoms. The molecule has 8 nitrogen and oxygen atoms in total. The van der Waals surface area contributed by atoms with Gasteiger partial charge in [0.15, 0.2) is 0 Å². The number of nitrogens with zero attached hydrogens (tertiary/aromatic N) is 4. The molecule has 1 saturated heterocycles. The van der Waals surface area contributed by atoms with E-state index in [0.29, 0.717) is 30.8 Å². The molecule has 31 heavy (non-hydrogen) atoms. The fraction of sp³-hybridized carbons (Fsp3) is 0.286. The molecule has 3 aromatic rings. The standard InChI is InChI=1S/C21H20FN5O3S/c22-18-5-1-2-6-19(18)27-20(24-25-21(27)28)12-16-4-3-11-26(14-16)31(29,30)17-9-7-15(13-23)8-10-17/h1-2,5-10,16H,3-4,11-12,14H2,(H,25,28)/t16-/m1/s1. The monoisotopic (exact) mass is 441 g/mol. The first-order valence-corrected chi connectivity index (χ1v) is 11.3. The number of halogens is 1. The first-order chi connectivity index (χ1) is 14.9. The van der Waals surface area contributed by atoms with Gasteiger partial charge < -0.3 is 0 Å². The van der Waals surface area contributed by atoms with Gasteiger partial charge in [0.2, 0.25) is 10.0 Å². The SMILES string of the molecule is N#Cc1ccc(S(=O)(=O)N2CCC[C@H](Cc3n[nH]c(=O)n3-c3ccccc3F)C2)cc1. The van der Waals surface area contributed by atoms with Crippen molar-refractivity contribution in [2.24, 2.45) is 5.92 Å². The molecule has 4 rings (SSSR count). The Morgan fingerprint density at radius 2 is 1.94 bits per heavy atom. The van der Waals surface area contributed by atoms with Crippen LogP contribution in [-0.2, 0) is 16.4 Å². The summed E-state index contributed by atoms with van der Waals surface area (Å²) in [6.07, 6.45) is 1.75. The van der Waals surface area contributed by atoms with Crippen LogP contribution in [0.3, 0.4) is 0 Å². The quantitative estimate of drug-likeness (QED) is 0.653. The number of rotatable bonds is 5. The predicted octanol–water partition coefficient (Wildman–Crippen LogP) is 2.21. The summed E-state index contributed by atoms with van der Waals surface area (Å²) >= 11 is 0. The normalized spacial score (nSPS) is 17.4. The van der Waals surface area contributed by atoms with Gasteiger partial charge in [-0.3, -0.25) is 0 Å². The van der Waals surface area contributed by atoms with Crippen molar-refractivity contribution < 1.29 is 12.8 Å². The first kappa shape index (κ1) is 21.0. The van der Waals surface area contributed by atoms with E-state index in [-0.39, 0.29) is 23.0 Å². The minimum absolute atomic E-state index is 0.0809. The summed E-state index contributed by atoms with van der Waals surface area (Å²) in [5.74, 6) is -0.263. The molecule has 160 valence electrons. The number of nitriles is 1. The zero-order valence-corrected chi connectivity index (χ0v) is 17.3. The summed E-state index contributed by atoms with van der Waals surface area (Å²) in [6, 6.07) is 13.7. The van der Waals surface area contributed by atoms with Crippen molar-refractivity contribution in [2.45, 2.75) is 24.2 Å². The number of nitrogens with one attached hydrogen (secondary N) is 1. The number of sulfonamides is 1. The summed E-state index contributed by atoms with van der Waals surface area (Å²) in [7, 11) is -3.71. The van der Waals surface area contributed by atoms with Crippen molar-refractivity contribution in [3.05, 3.63) is 76.2 Å². The molecule has 10 heteroatoms. The highest BCUT2D eigenvalue weighted by atomic mass is 32.2. The Labute approximate surface area is 178 Å². The molecule has 0 aliphatic carbocycles. The van der Waals surface area contributed by atoms with Crippen molar-refractivity contribution in [1.82, 2.24) is 19.1 Å².